The third kappa shape index (κ3) is 4.75. The molecule has 1 aliphatic carbocycles. The van der Waals surface area contributed by atoms with Gasteiger partial charge < -0.3 is 10.4 Å². The lowest BCUT2D eigenvalue weighted by atomic mass is 9.95. The van der Waals surface area contributed by atoms with E-state index in [0.29, 0.717) is 19.4 Å². The molecule has 3 atom stereocenters. The van der Waals surface area contributed by atoms with Crippen molar-refractivity contribution in [2.75, 3.05) is 18.8 Å². The number of rotatable bonds is 7. The lowest BCUT2D eigenvalue weighted by molar-refractivity contribution is -0.146. The maximum absolute atomic E-state index is 12.0. The van der Waals surface area contributed by atoms with Gasteiger partial charge in [-0.2, -0.15) is 0 Å². The van der Waals surface area contributed by atoms with Crippen molar-refractivity contribution in [2.24, 2.45) is 17.8 Å². The van der Waals surface area contributed by atoms with Crippen LogP contribution in [-0.4, -0.2) is 44.2 Å². The fourth-order valence-corrected chi connectivity index (χ4v) is 3.54. The van der Waals surface area contributed by atoms with Crippen molar-refractivity contribution < 1.29 is 23.1 Å². The number of carboxylic acid groups (broad SMARTS) is 1. The number of carbonyl (C=O) groups is 2. The van der Waals surface area contributed by atoms with Gasteiger partial charge in [0.2, 0.25) is 15.9 Å². The number of sulfonamides is 1. The third-order valence-corrected chi connectivity index (χ3v) is 4.96. The smallest absolute Gasteiger partial charge is 0.307 e. The van der Waals surface area contributed by atoms with Crippen LogP contribution >= 0.6 is 0 Å². The second kappa shape index (κ2) is 7.03. The molecule has 0 bridgehead atoms. The van der Waals surface area contributed by atoms with Crippen LogP contribution in [-0.2, 0) is 19.6 Å². The van der Waals surface area contributed by atoms with E-state index < -0.39 is 27.8 Å². The molecule has 1 rings (SSSR count). The van der Waals surface area contributed by atoms with Gasteiger partial charge in [0.15, 0.2) is 0 Å². The first kappa shape index (κ1) is 16.9. The van der Waals surface area contributed by atoms with Crippen molar-refractivity contribution in [3.63, 3.8) is 0 Å². The standard InChI is InChI=1S/C12H22N2O5S/c1-3-14-20(18,19)5-4-13-11(15)9-6-8(2)7-10(9)12(16)17/h8-10,14H,3-7H2,1-2H3,(H,13,15)(H,16,17)/t8?,9-,10+/m0/s1. The fourth-order valence-electron chi connectivity index (χ4n) is 2.59. The average Bonchev–Trinajstić information content (AvgIpc) is 2.71. The lowest BCUT2D eigenvalue weighted by Crippen LogP contribution is -2.39. The Morgan fingerprint density at radius 1 is 1.25 bits per heavy atom. The molecule has 116 valence electrons. The Kier molecular flexibility index (Phi) is 5.94. The van der Waals surface area contributed by atoms with Gasteiger partial charge in [0.05, 0.1) is 17.6 Å². The van der Waals surface area contributed by atoms with E-state index in [1.165, 1.54) is 0 Å². The summed E-state index contributed by atoms with van der Waals surface area (Å²) in [7, 11) is -3.37. The van der Waals surface area contributed by atoms with Crippen LogP contribution in [0.15, 0.2) is 0 Å². The number of carbonyl (C=O) groups excluding carboxylic acids is 1. The molecule has 7 nitrogen and oxygen atoms in total. The zero-order valence-electron chi connectivity index (χ0n) is 11.8. The highest BCUT2D eigenvalue weighted by atomic mass is 32.2. The van der Waals surface area contributed by atoms with Crippen LogP contribution in [0.2, 0.25) is 0 Å². The lowest BCUT2D eigenvalue weighted by Gasteiger charge is -2.15. The summed E-state index contributed by atoms with van der Waals surface area (Å²) in [4.78, 5) is 23.1. The molecule has 3 N–H and O–H groups in total. The topological polar surface area (TPSA) is 113 Å². The maximum Gasteiger partial charge on any atom is 0.307 e. The Hall–Kier alpha value is -1.15. The Morgan fingerprint density at radius 3 is 2.40 bits per heavy atom. The Bertz CT molecular complexity index is 462. The van der Waals surface area contributed by atoms with Crippen molar-refractivity contribution in [1.29, 1.82) is 0 Å². The van der Waals surface area contributed by atoms with Crippen molar-refractivity contribution in [3.8, 4) is 0 Å². The summed E-state index contributed by atoms with van der Waals surface area (Å²) in [5.41, 5.74) is 0. The number of nitrogens with one attached hydrogen (secondary N) is 2. The molecule has 0 aromatic rings. The average molecular weight is 306 g/mol. The van der Waals surface area contributed by atoms with Gasteiger partial charge in [0.1, 0.15) is 0 Å². The quantitative estimate of drug-likeness (QED) is 0.602. The first-order valence-corrected chi connectivity index (χ1v) is 8.40. The molecule has 0 aromatic heterocycles. The number of amides is 1. The van der Waals surface area contributed by atoms with Gasteiger partial charge >= 0.3 is 5.97 Å². The molecule has 8 heteroatoms. The van der Waals surface area contributed by atoms with Crippen LogP contribution in [0.1, 0.15) is 26.7 Å². The summed E-state index contributed by atoms with van der Waals surface area (Å²) < 4.78 is 25.1. The van der Waals surface area contributed by atoms with Crippen LogP contribution in [0.3, 0.4) is 0 Å². The van der Waals surface area contributed by atoms with Crippen LogP contribution in [0.5, 0.6) is 0 Å². The highest BCUT2D eigenvalue weighted by Crippen LogP contribution is 2.36. The zero-order chi connectivity index (χ0) is 15.3. The van der Waals surface area contributed by atoms with Gasteiger partial charge in [-0.25, -0.2) is 13.1 Å². The van der Waals surface area contributed by atoms with E-state index in [4.69, 9.17) is 5.11 Å². The number of hydrogen-bond acceptors (Lipinski definition) is 4. The molecule has 0 heterocycles. The van der Waals surface area contributed by atoms with E-state index in [2.05, 4.69) is 10.0 Å². The van der Waals surface area contributed by atoms with Crippen LogP contribution in [0.4, 0.5) is 0 Å². The molecule has 1 fully saturated rings. The molecule has 1 amide bonds. The summed E-state index contributed by atoms with van der Waals surface area (Å²) in [6.45, 7) is 3.88. The van der Waals surface area contributed by atoms with E-state index in [9.17, 15) is 18.0 Å². The minimum atomic E-state index is -3.37. The normalized spacial score (nSPS) is 26.4. The van der Waals surface area contributed by atoms with Gasteiger partial charge in [-0.05, 0) is 18.8 Å². The summed E-state index contributed by atoms with van der Waals surface area (Å²) in [5.74, 6) is -2.58. The Labute approximate surface area is 119 Å². The molecule has 1 unspecified atom stereocenters. The monoisotopic (exact) mass is 306 g/mol. The molecular formula is C12H22N2O5S. The maximum atomic E-state index is 12.0. The van der Waals surface area contributed by atoms with E-state index in [1.54, 1.807) is 6.92 Å². The zero-order valence-corrected chi connectivity index (χ0v) is 12.6. The number of carboxylic acids is 1. The molecule has 20 heavy (non-hydrogen) atoms. The predicted octanol–water partition coefficient (Wildman–Crippen LogP) is -0.211. The molecule has 0 spiro atoms. The highest BCUT2D eigenvalue weighted by molar-refractivity contribution is 7.89. The minimum Gasteiger partial charge on any atom is -0.481 e. The van der Waals surface area contributed by atoms with E-state index >= 15 is 0 Å². The third-order valence-electron chi connectivity index (χ3n) is 3.49. The molecular weight excluding hydrogens is 284 g/mol. The van der Waals surface area contributed by atoms with E-state index in [-0.39, 0.29) is 24.1 Å². The van der Waals surface area contributed by atoms with Gasteiger partial charge in [-0.1, -0.05) is 13.8 Å². The minimum absolute atomic E-state index is 0.00854. The molecule has 1 aliphatic rings. The first-order valence-electron chi connectivity index (χ1n) is 6.74. The predicted molar refractivity (Wildman–Crippen MR) is 73.5 cm³/mol. The number of aliphatic carboxylic acids is 1. The summed E-state index contributed by atoms with van der Waals surface area (Å²) >= 11 is 0. The summed E-state index contributed by atoms with van der Waals surface area (Å²) in [6.07, 6.45) is 1.02. The molecule has 0 radical (unpaired) electrons. The van der Waals surface area contributed by atoms with Gasteiger partial charge in [0, 0.05) is 13.1 Å². The van der Waals surface area contributed by atoms with Crippen LogP contribution < -0.4 is 10.0 Å². The van der Waals surface area contributed by atoms with Crippen LogP contribution in [0, 0.1) is 17.8 Å². The summed E-state index contributed by atoms with van der Waals surface area (Å²) in [5, 5.41) is 11.6. The van der Waals surface area contributed by atoms with Crippen molar-refractivity contribution in [3.05, 3.63) is 0 Å². The second-order valence-electron chi connectivity index (χ2n) is 5.24. The van der Waals surface area contributed by atoms with E-state index in [1.807, 2.05) is 6.92 Å². The second-order valence-corrected chi connectivity index (χ2v) is 7.16. The molecule has 0 saturated heterocycles. The van der Waals surface area contributed by atoms with Gasteiger partial charge in [-0.3, -0.25) is 9.59 Å². The first-order chi connectivity index (χ1) is 9.26. The Balaban J connectivity index is 2.48. The van der Waals surface area contributed by atoms with Gasteiger partial charge in [0.25, 0.3) is 0 Å². The molecule has 1 saturated carbocycles. The summed E-state index contributed by atoms with van der Waals surface area (Å²) in [6, 6.07) is 0. The van der Waals surface area contributed by atoms with Crippen molar-refractivity contribution in [1.82, 2.24) is 10.0 Å². The van der Waals surface area contributed by atoms with E-state index in [0.717, 1.165) is 0 Å². The van der Waals surface area contributed by atoms with Crippen LogP contribution in [0.25, 0.3) is 0 Å². The molecule has 0 aromatic carbocycles. The van der Waals surface area contributed by atoms with Crippen molar-refractivity contribution >= 4 is 21.9 Å². The molecule has 0 aliphatic heterocycles. The fraction of sp³-hybridized carbons (Fsp3) is 0.833. The highest BCUT2D eigenvalue weighted by Gasteiger charge is 2.41. The number of hydrogen-bond donors (Lipinski definition) is 3. The SMILES string of the molecule is CCNS(=O)(=O)CCNC(=O)[C@H]1CC(C)C[C@H]1C(=O)O. The van der Waals surface area contributed by atoms with Gasteiger partial charge in [-0.15, -0.1) is 0 Å². The van der Waals surface area contributed by atoms with Crippen molar-refractivity contribution in [2.45, 2.75) is 26.7 Å². The largest absolute Gasteiger partial charge is 0.481 e. The Morgan fingerprint density at radius 2 is 1.85 bits per heavy atom.